The van der Waals surface area contributed by atoms with E-state index >= 15 is 0 Å². The molecule has 1 aromatic heterocycles. The van der Waals surface area contributed by atoms with Crippen LogP contribution in [0.25, 0.3) is 10.4 Å². The quantitative estimate of drug-likeness (QED) is 0.447. The van der Waals surface area contributed by atoms with Crippen molar-refractivity contribution in [1.82, 2.24) is 4.98 Å². The third-order valence-corrected chi connectivity index (χ3v) is 5.71. The average Bonchev–Trinajstić information content (AvgIpc) is 3.27. The largest absolute Gasteiger partial charge is 0.494 e. The molecule has 0 aliphatic rings. The van der Waals surface area contributed by atoms with Crippen LogP contribution in [-0.2, 0) is 27.3 Å². The molecule has 3 aromatic rings. The van der Waals surface area contributed by atoms with E-state index in [-0.39, 0.29) is 11.9 Å². The van der Waals surface area contributed by atoms with Gasteiger partial charge >= 0.3 is 5.97 Å². The molecule has 0 saturated heterocycles. The smallest absolute Gasteiger partial charge is 0.305 e. The Balaban J connectivity index is 1.67. The molecule has 1 heterocycles. The molecule has 2 aromatic carbocycles. The summed E-state index contributed by atoms with van der Waals surface area (Å²) in [6.45, 7) is 2.81. The van der Waals surface area contributed by atoms with Crippen molar-refractivity contribution in [3.05, 3.63) is 64.8 Å². The Hall–Kier alpha value is -3.23. The molecule has 0 fully saturated rings. The van der Waals surface area contributed by atoms with Crippen molar-refractivity contribution in [3.8, 4) is 16.2 Å². The van der Waals surface area contributed by atoms with Gasteiger partial charge in [0.05, 0.1) is 36.6 Å². The summed E-state index contributed by atoms with van der Waals surface area (Å²) in [6.07, 6.45) is 2.66. The first kappa shape index (κ1) is 23.4. The number of hydrogen-bond acceptors (Lipinski definition) is 7. The highest BCUT2D eigenvalue weighted by atomic mass is 32.1. The first-order valence-corrected chi connectivity index (χ1v) is 11.0. The zero-order valence-corrected chi connectivity index (χ0v) is 19.2. The Morgan fingerprint density at radius 1 is 1.09 bits per heavy atom. The third kappa shape index (κ3) is 6.38. The first-order valence-electron chi connectivity index (χ1n) is 10.2. The van der Waals surface area contributed by atoms with E-state index in [0.29, 0.717) is 43.1 Å². The Morgan fingerprint density at radius 2 is 1.88 bits per heavy atom. The fraction of sp³-hybridized carbons (Fsp3) is 0.292. The summed E-state index contributed by atoms with van der Waals surface area (Å²) in [6, 6.07) is 12.9. The van der Waals surface area contributed by atoms with Crippen LogP contribution in [0, 0.1) is 0 Å². The van der Waals surface area contributed by atoms with Crippen molar-refractivity contribution in [2.45, 2.75) is 26.4 Å². The molecule has 168 valence electrons. The molecule has 0 radical (unpaired) electrons. The lowest BCUT2D eigenvalue weighted by Crippen LogP contribution is -2.12. The Kier molecular flexibility index (Phi) is 8.35. The Labute approximate surface area is 191 Å². The summed E-state index contributed by atoms with van der Waals surface area (Å²) in [4.78, 5) is 29.5. The van der Waals surface area contributed by atoms with Crippen LogP contribution in [0.5, 0.6) is 5.75 Å². The van der Waals surface area contributed by atoms with Gasteiger partial charge in [0.1, 0.15) is 5.75 Å². The number of carbonyl (C=O) groups excluding carboxylic acids is 2. The summed E-state index contributed by atoms with van der Waals surface area (Å²) in [5, 5.41) is 3.80. The molecule has 8 heteroatoms. The van der Waals surface area contributed by atoms with Gasteiger partial charge in [0, 0.05) is 31.0 Å². The van der Waals surface area contributed by atoms with Crippen LogP contribution in [0.4, 0.5) is 5.69 Å². The number of ether oxygens (including phenoxy) is 3. The van der Waals surface area contributed by atoms with Gasteiger partial charge in [-0.2, -0.15) is 0 Å². The molecular formula is C24H26N2O5S. The minimum Gasteiger partial charge on any atom is -0.494 e. The highest BCUT2D eigenvalue weighted by molar-refractivity contribution is 7.15. The lowest BCUT2D eigenvalue weighted by atomic mass is 10.1. The van der Waals surface area contributed by atoms with Crippen LogP contribution in [0.1, 0.15) is 34.3 Å². The summed E-state index contributed by atoms with van der Waals surface area (Å²) in [7, 11) is 2.99. The third-order valence-electron chi connectivity index (χ3n) is 4.60. The number of benzene rings is 2. The standard InChI is InChI=1S/C24H26N2O5S/c1-4-31-20-12-16(15-29-2)11-18(13-20)24(28)26-19-7-5-17(6-8-19)21-14-25-22(32-21)9-10-23(27)30-3/h5-8,11-14H,4,9-10,15H2,1-3H3,(H,26,28). The molecule has 32 heavy (non-hydrogen) atoms. The van der Waals surface area contributed by atoms with Gasteiger partial charge in [0.15, 0.2) is 0 Å². The summed E-state index contributed by atoms with van der Waals surface area (Å²) >= 11 is 1.54. The number of esters is 1. The molecule has 0 unspecified atom stereocenters. The molecule has 0 aliphatic heterocycles. The van der Waals surface area contributed by atoms with Gasteiger partial charge in [-0.15, -0.1) is 11.3 Å². The highest BCUT2D eigenvalue weighted by Gasteiger charge is 2.11. The minimum atomic E-state index is -0.247. The van der Waals surface area contributed by atoms with Crippen LogP contribution in [0.3, 0.4) is 0 Å². The lowest BCUT2D eigenvalue weighted by Gasteiger charge is -2.11. The van der Waals surface area contributed by atoms with Crippen molar-refractivity contribution in [2.24, 2.45) is 0 Å². The average molecular weight is 455 g/mol. The number of anilines is 1. The predicted molar refractivity (Wildman–Crippen MR) is 124 cm³/mol. The number of carbonyl (C=O) groups is 2. The van der Waals surface area contributed by atoms with Crippen molar-refractivity contribution in [3.63, 3.8) is 0 Å². The molecule has 0 bridgehead atoms. The summed E-state index contributed by atoms with van der Waals surface area (Å²) < 4.78 is 15.4. The molecule has 0 spiro atoms. The van der Waals surface area contributed by atoms with Gasteiger partial charge in [0.25, 0.3) is 5.91 Å². The molecule has 1 N–H and O–H groups in total. The number of aryl methyl sites for hydroxylation is 1. The van der Waals surface area contributed by atoms with Crippen LogP contribution in [0.15, 0.2) is 48.7 Å². The second-order valence-corrected chi connectivity index (χ2v) is 8.07. The number of nitrogens with zero attached hydrogens (tertiary/aromatic N) is 1. The monoisotopic (exact) mass is 454 g/mol. The van der Waals surface area contributed by atoms with E-state index < -0.39 is 0 Å². The van der Waals surface area contributed by atoms with Gasteiger partial charge in [-0.05, 0) is 48.4 Å². The molecule has 0 aliphatic carbocycles. The predicted octanol–water partition coefficient (Wildman–Crippen LogP) is 4.71. The van der Waals surface area contributed by atoms with Gasteiger partial charge in [-0.25, -0.2) is 4.98 Å². The van der Waals surface area contributed by atoms with E-state index in [1.165, 1.54) is 18.4 Å². The molecule has 0 saturated carbocycles. The van der Waals surface area contributed by atoms with Crippen LogP contribution >= 0.6 is 11.3 Å². The van der Waals surface area contributed by atoms with E-state index in [2.05, 4.69) is 15.0 Å². The number of rotatable bonds is 10. The van der Waals surface area contributed by atoms with Gasteiger partial charge in [-0.3, -0.25) is 9.59 Å². The molecule has 1 amide bonds. The van der Waals surface area contributed by atoms with E-state index in [1.54, 1.807) is 25.4 Å². The van der Waals surface area contributed by atoms with Gasteiger partial charge in [-0.1, -0.05) is 12.1 Å². The number of nitrogens with one attached hydrogen (secondary N) is 1. The normalized spacial score (nSPS) is 10.6. The van der Waals surface area contributed by atoms with Crippen molar-refractivity contribution in [1.29, 1.82) is 0 Å². The maximum absolute atomic E-state index is 12.8. The fourth-order valence-corrected chi connectivity index (χ4v) is 4.01. The second-order valence-electron chi connectivity index (χ2n) is 6.96. The molecule has 7 nitrogen and oxygen atoms in total. The van der Waals surface area contributed by atoms with Crippen LogP contribution in [0.2, 0.25) is 0 Å². The van der Waals surface area contributed by atoms with E-state index in [4.69, 9.17) is 9.47 Å². The van der Waals surface area contributed by atoms with Gasteiger partial charge in [0.2, 0.25) is 0 Å². The first-order chi connectivity index (χ1) is 15.5. The van der Waals surface area contributed by atoms with Crippen LogP contribution in [-0.4, -0.2) is 37.7 Å². The fourth-order valence-electron chi connectivity index (χ4n) is 3.08. The number of hydrogen-bond donors (Lipinski definition) is 1. The second kappa shape index (κ2) is 11.4. The SMILES string of the molecule is CCOc1cc(COC)cc(C(=O)Nc2ccc(-c3cnc(CCC(=O)OC)s3)cc2)c1. The zero-order chi connectivity index (χ0) is 22.9. The number of methoxy groups -OCH3 is 2. The maximum Gasteiger partial charge on any atom is 0.305 e. The lowest BCUT2D eigenvalue weighted by molar-refractivity contribution is -0.140. The topological polar surface area (TPSA) is 86.8 Å². The van der Waals surface area contributed by atoms with Crippen molar-refractivity contribution in [2.75, 3.05) is 26.1 Å². The summed E-state index contributed by atoms with van der Waals surface area (Å²) in [5.41, 5.74) is 3.05. The maximum atomic E-state index is 12.8. The molecule has 0 atom stereocenters. The Morgan fingerprint density at radius 3 is 2.56 bits per heavy atom. The van der Waals surface area contributed by atoms with Gasteiger partial charge < -0.3 is 19.5 Å². The van der Waals surface area contributed by atoms with Crippen molar-refractivity contribution < 1.29 is 23.8 Å². The molecule has 3 rings (SSSR count). The van der Waals surface area contributed by atoms with E-state index in [1.807, 2.05) is 37.3 Å². The van der Waals surface area contributed by atoms with E-state index in [9.17, 15) is 9.59 Å². The zero-order valence-electron chi connectivity index (χ0n) is 18.3. The minimum absolute atomic E-state index is 0.223. The van der Waals surface area contributed by atoms with E-state index in [0.717, 1.165) is 21.0 Å². The van der Waals surface area contributed by atoms with Crippen molar-refractivity contribution >= 4 is 28.9 Å². The van der Waals surface area contributed by atoms with Crippen LogP contribution < -0.4 is 10.1 Å². The highest BCUT2D eigenvalue weighted by Crippen LogP contribution is 2.28. The number of aromatic nitrogens is 1. The molecular weight excluding hydrogens is 428 g/mol. The summed E-state index contributed by atoms with van der Waals surface area (Å²) in [5.74, 6) is 0.165. The number of amides is 1. The number of thiazole rings is 1. The Bertz CT molecular complexity index is 1040.